The first-order valence-corrected chi connectivity index (χ1v) is 10.6. The highest BCUT2D eigenvalue weighted by molar-refractivity contribution is 7.91. The van der Waals surface area contributed by atoms with Crippen LogP contribution in [-0.2, 0) is 16.4 Å². The van der Waals surface area contributed by atoms with Crippen LogP contribution in [0, 0.1) is 0 Å². The van der Waals surface area contributed by atoms with E-state index in [1.807, 2.05) is 24.3 Å². The first-order chi connectivity index (χ1) is 14.0. The third-order valence-corrected chi connectivity index (χ3v) is 6.10. The summed E-state index contributed by atoms with van der Waals surface area (Å²) in [5.41, 5.74) is 1.55. The quantitative estimate of drug-likeness (QED) is 0.476. The van der Waals surface area contributed by atoms with Crippen LogP contribution in [0.2, 0.25) is 5.02 Å². The zero-order valence-corrected chi connectivity index (χ0v) is 16.7. The summed E-state index contributed by atoms with van der Waals surface area (Å²) in [4.78, 5) is 8.44. The van der Waals surface area contributed by atoms with Crippen molar-refractivity contribution in [1.82, 2.24) is 9.97 Å². The van der Waals surface area contributed by atoms with Gasteiger partial charge >= 0.3 is 0 Å². The number of pyridine rings is 1. The van der Waals surface area contributed by atoms with E-state index in [-0.39, 0.29) is 21.7 Å². The molecule has 0 saturated carbocycles. The van der Waals surface area contributed by atoms with Gasteiger partial charge in [0.05, 0.1) is 4.90 Å². The Labute approximate surface area is 173 Å². The van der Waals surface area contributed by atoms with Gasteiger partial charge in [-0.15, -0.1) is 0 Å². The molecule has 0 aliphatic heterocycles. The summed E-state index contributed by atoms with van der Waals surface area (Å²) in [5, 5.41) is 3.30. The molecule has 0 aliphatic rings. The Kier molecular flexibility index (Phi) is 5.33. The molecule has 4 rings (SSSR count). The van der Waals surface area contributed by atoms with Gasteiger partial charge in [-0.05, 0) is 48.0 Å². The maximum atomic E-state index is 13.2. The first kappa shape index (κ1) is 19.2. The minimum absolute atomic E-state index is 0.0719. The molecular formula is C21H16ClN3O3S. The van der Waals surface area contributed by atoms with Gasteiger partial charge in [0.25, 0.3) is 0 Å². The van der Waals surface area contributed by atoms with Crippen molar-refractivity contribution in [3.05, 3.63) is 89.7 Å². The number of rotatable bonds is 6. The Morgan fingerprint density at radius 1 is 0.966 bits per heavy atom. The van der Waals surface area contributed by atoms with E-state index < -0.39 is 9.84 Å². The van der Waals surface area contributed by atoms with E-state index >= 15 is 0 Å². The average molecular weight is 426 g/mol. The van der Waals surface area contributed by atoms with Crippen LogP contribution in [0.4, 0.5) is 5.88 Å². The number of aromatic nitrogens is 2. The van der Waals surface area contributed by atoms with E-state index in [0.717, 1.165) is 5.56 Å². The summed E-state index contributed by atoms with van der Waals surface area (Å²) in [7, 11) is -3.92. The molecule has 4 aromatic rings. The molecule has 0 bridgehead atoms. The van der Waals surface area contributed by atoms with E-state index in [1.54, 1.807) is 30.6 Å². The molecule has 2 aromatic heterocycles. The lowest BCUT2D eigenvalue weighted by molar-refractivity contribution is 0.576. The lowest BCUT2D eigenvalue weighted by Gasteiger charge is -2.06. The normalized spacial score (nSPS) is 11.3. The molecule has 0 unspecified atom stereocenters. The van der Waals surface area contributed by atoms with E-state index in [9.17, 15) is 8.42 Å². The molecule has 2 aromatic carbocycles. The average Bonchev–Trinajstić information content (AvgIpc) is 3.19. The van der Waals surface area contributed by atoms with Crippen LogP contribution < -0.4 is 5.32 Å². The lowest BCUT2D eigenvalue weighted by Crippen LogP contribution is -2.07. The van der Waals surface area contributed by atoms with E-state index in [0.29, 0.717) is 17.1 Å². The highest BCUT2D eigenvalue weighted by Crippen LogP contribution is 2.32. The summed E-state index contributed by atoms with van der Waals surface area (Å²) in [5.74, 6) is 0.287. The second-order valence-electron chi connectivity index (χ2n) is 6.19. The Morgan fingerprint density at radius 3 is 2.41 bits per heavy atom. The molecule has 2 heterocycles. The van der Waals surface area contributed by atoms with Crippen molar-refractivity contribution < 1.29 is 12.8 Å². The van der Waals surface area contributed by atoms with E-state index in [2.05, 4.69) is 15.3 Å². The van der Waals surface area contributed by atoms with Gasteiger partial charge in [0, 0.05) is 29.5 Å². The lowest BCUT2D eigenvalue weighted by atomic mass is 10.2. The fraction of sp³-hybridized carbons (Fsp3) is 0.0476. The van der Waals surface area contributed by atoms with E-state index in [1.165, 1.54) is 24.3 Å². The van der Waals surface area contributed by atoms with Crippen LogP contribution in [0.25, 0.3) is 11.5 Å². The van der Waals surface area contributed by atoms with Gasteiger partial charge in [0.2, 0.25) is 26.6 Å². The second-order valence-corrected chi connectivity index (χ2v) is 8.49. The number of nitrogens with one attached hydrogen (secondary N) is 1. The molecule has 0 saturated heterocycles. The van der Waals surface area contributed by atoms with Crippen molar-refractivity contribution in [2.75, 3.05) is 5.32 Å². The van der Waals surface area contributed by atoms with Crippen molar-refractivity contribution in [2.24, 2.45) is 0 Å². The molecule has 146 valence electrons. The number of hydrogen-bond donors (Lipinski definition) is 1. The molecule has 29 heavy (non-hydrogen) atoms. The topological polar surface area (TPSA) is 85.1 Å². The van der Waals surface area contributed by atoms with Crippen LogP contribution in [0.15, 0.2) is 93.5 Å². The van der Waals surface area contributed by atoms with Crippen LogP contribution in [0.3, 0.4) is 0 Å². The third kappa shape index (κ3) is 4.16. The number of halogens is 1. The zero-order valence-electron chi connectivity index (χ0n) is 15.1. The highest BCUT2D eigenvalue weighted by Gasteiger charge is 2.28. The van der Waals surface area contributed by atoms with E-state index in [4.69, 9.17) is 16.0 Å². The molecule has 0 fully saturated rings. The minimum atomic E-state index is -3.92. The molecule has 0 spiro atoms. The number of sulfone groups is 1. The van der Waals surface area contributed by atoms with Gasteiger partial charge in [0.15, 0.2) is 0 Å². The fourth-order valence-corrected chi connectivity index (χ4v) is 4.12. The SMILES string of the molecule is O=S(=O)(c1ccc(Cl)cc1)c1nc(-c2ccccc2)oc1NCc1cccnc1. The molecular weight excluding hydrogens is 410 g/mol. The summed E-state index contributed by atoms with van der Waals surface area (Å²) in [6.07, 6.45) is 3.36. The number of nitrogens with zero attached hydrogens (tertiary/aromatic N) is 2. The summed E-state index contributed by atoms with van der Waals surface area (Å²) >= 11 is 5.89. The maximum Gasteiger partial charge on any atom is 0.234 e. The minimum Gasteiger partial charge on any atom is -0.419 e. The number of oxazole rings is 1. The van der Waals surface area contributed by atoms with Gasteiger partial charge in [-0.25, -0.2) is 8.42 Å². The smallest absolute Gasteiger partial charge is 0.234 e. The van der Waals surface area contributed by atoms with Crippen molar-refractivity contribution in [3.8, 4) is 11.5 Å². The summed E-state index contributed by atoms with van der Waals surface area (Å²) in [6.45, 7) is 0.334. The molecule has 6 nitrogen and oxygen atoms in total. The zero-order chi connectivity index (χ0) is 20.3. The monoisotopic (exact) mass is 425 g/mol. The van der Waals surface area contributed by atoms with Crippen LogP contribution in [0.5, 0.6) is 0 Å². The Morgan fingerprint density at radius 2 is 1.72 bits per heavy atom. The molecule has 0 atom stereocenters. The van der Waals surface area contributed by atoms with Gasteiger partial charge in [0.1, 0.15) is 0 Å². The molecule has 1 N–H and O–H groups in total. The van der Waals surface area contributed by atoms with Gasteiger partial charge in [-0.2, -0.15) is 4.98 Å². The van der Waals surface area contributed by atoms with Crippen molar-refractivity contribution in [3.63, 3.8) is 0 Å². The maximum absolute atomic E-state index is 13.2. The molecule has 0 aliphatic carbocycles. The number of hydrogen-bond acceptors (Lipinski definition) is 6. The molecule has 8 heteroatoms. The standard InChI is InChI=1S/C21H16ClN3O3S/c22-17-8-10-18(11-9-17)29(26,27)21-20(24-14-15-5-4-12-23-13-15)28-19(25-21)16-6-2-1-3-7-16/h1-13,24H,14H2. The highest BCUT2D eigenvalue weighted by atomic mass is 35.5. The summed E-state index contributed by atoms with van der Waals surface area (Å²) in [6, 6.07) is 18.7. The fourth-order valence-electron chi connectivity index (χ4n) is 2.71. The van der Waals surface area contributed by atoms with Crippen LogP contribution >= 0.6 is 11.6 Å². The van der Waals surface area contributed by atoms with Crippen molar-refractivity contribution >= 4 is 27.3 Å². The Balaban J connectivity index is 1.76. The third-order valence-electron chi connectivity index (χ3n) is 4.17. The Hall–Kier alpha value is -3.16. The van der Waals surface area contributed by atoms with Gasteiger partial charge < -0.3 is 9.73 Å². The number of benzene rings is 2. The number of anilines is 1. The van der Waals surface area contributed by atoms with Gasteiger partial charge in [-0.3, -0.25) is 4.98 Å². The molecule has 0 amide bonds. The second kappa shape index (κ2) is 8.06. The first-order valence-electron chi connectivity index (χ1n) is 8.74. The summed E-state index contributed by atoms with van der Waals surface area (Å²) < 4.78 is 32.2. The largest absolute Gasteiger partial charge is 0.419 e. The predicted octanol–water partition coefficient (Wildman–Crippen LogP) is 4.83. The van der Waals surface area contributed by atoms with Crippen LogP contribution in [0.1, 0.15) is 5.56 Å². The van der Waals surface area contributed by atoms with Gasteiger partial charge in [-0.1, -0.05) is 35.9 Å². The van der Waals surface area contributed by atoms with Crippen molar-refractivity contribution in [1.29, 1.82) is 0 Å². The Bertz CT molecular complexity index is 1210. The van der Waals surface area contributed by atoms with Crippen molar-refractivity contribution in [2.45, 2.75) is 16.5 Å². The van der Waals surface area contributed by atoms with Crippen LogP contribution in [-0.4, -0.2) is 18.4 Å². The predicted molar refractivity (Wildman–Crippen MR) is 110 cm³/mol. The molecule has 0 radical (unpaired) electrons.